The molecule has 1 unspecified atom stereocenters. The molecule has 0 amide bonds. The summed E-state index contributed by atoms with van der Waals surface area (Å²) in [4.78, 5) is 7.62. The van der Waals surface area contributed by atoms with E-state index in [0.717, 1.165) is 16.7 Å². The Morgan fingerprint density at radius 2 is 2.07 bits per heavy atom. The number of benzene rings is 1. The van der Waals surface area contributed by atoms with Gasteiger partial charge in [-0.25, -0.2) is 4.39 Å². The maximum atomic E-state index is 14.9. The molecule has 0 aliphatic rings. The highest BCUT2D eigenvalue weighted by Gasteiger charge is 2.16. The van der Waals surface area contributed by atoms with E-state index in [1.54, 1.807) is 19.3 Å². The Morgan fingerprint density at radius 3 is 2.64 bits per heavy atom. The highest BCUT2D eigenvalue weighted by Crippen LogP contribution is 2.30. The van der Waals surface area contributed by atoms with Crippen molar-refractivity contribution in [1.82, 2.24) is 25.2 Å². The molecule has 2 heterocycles. The summed E-state index contributed by atoms with van der Waals surface area (Å²) in [6.45, 7) is 4.49. The van der Waals surface area contributed by atoms with Gasteiger partial charge in [0, 0.05) is 31.8 Å². The SMILES string of the molecule is Cc1cc(-c2ccc(-c3nnn(C)n3)nc2)cc(F)c1N(C)CC(C)CC#N. The number of hydrogen-bond donors (Lipinski definition) is 0. The molecular formula is C20H22FN7. The standard InChI is InChI=1S/C20H22FN7/c1-13(7-8-22)12-27(3)19-14(2)9-16(10-17(19)21)15-5-6-18(23-11-15)20-24-26-28(4)25-20/h5-6,9-11,13H,7,12H2,1-4H3. The molecule has 144 valence electrons. The largest absolute Gasteiger partial charge is 0.372 e. The summed E-state index contributed by atoms with van der Waals surface area (Å²) >= 11 is 0. The molecule has 2 aromatic heterocycles. The lowest BCUT2D eigenvalue weighted by Gasteiger charge is -2.25. The Morgan fingerprint density at radius 1 is 1.29 bits per heavy atom. The van der Waals surface area contributed by atoms with Crippen molar-refractivity contribution in [3.63, 3.8) is 0 Å². The third-order valence-corrected chi connectivity index (χ3v) is 4.50. The fourth-order valence-corrected chi connectivity index (χ4v) is 3.25. The molecule has 1 aromatic carbocycles. The summed E-state index contributed by atoms with van der Waals surface area (Å²) in [7, 11) is 3.54. The van der Waals surface area contributed by atoms with Crippen molar-refractivity contribution in [3.8, 4) is 28.7 Å². The molecule has 8 heteroatoms. The summed E-state index contributed by atoms with van der Waals surface area (Å²) in [6.07, 6.45) is 2.13. The zero-order valence-corrected chi connectivity index (χ0v) is 16.4. The molecule has 0 N–H and O–H groups in total. The number of nitriles is 1. The van der Waals surface area contributed by atoms with Crippen molar-refractivity contribution in [2.75, 3.05) is 18.5 Å². The highest BCUT2D eigenvalue weighted by atomic mass is 19.1. The summed E-state index contributed by atoms with van der Waals surface area (Å²) in [6, 6.07) is 9.29. The Bertz CT molecular complexity index is 981. The number of halogens is 1. The van der Waals surface area contributed by atoms with E-state index in [2.05, 4.69) is 26.5 Å². The molecule has 0 saturated carbocycles. The second-order valence-corrected chi connectivity index (χ2v) is 7.01. The average Bonchev–Trinajstić information content (AvgIpc) is 3.07. The first-order valence-electron chi connectivity index (χ1n) is 8.98. The normalized spacial score (nSPS) is 11.9. The van der Waals surface area contributed by atoms with Gasteiger partial charge in [0.15, 0.2) is 0 Å². The number of tetrazole rings is 1. The molecule has 0 aliphatic carbocycles. The predicted octanol–water partition coefficient (Wildman–Crippen LogP) is 3.37. The predicted molar refractivity (Wildman–Crippen MR) is 105 cm³/mol. The van der Waals surface area contributed by atoms with E-state index in [9.17, 15) is 4.39 Å². The first-order chi connectivity index (χ1) is 13.4. The van der Waals surface area contributed by atoms with Crippen molar-refractivity contribution in [2.24, 2.45) is 13.0 Å². The van der Waals surface area contributed by atoms with Gasteiger partial charge in [-0.3, -0.25) is 4.98 Å². The first-order valence-corrected chi connectivity index (χ1v) is 8.98. The van der Waals surface area contributed by atoms with Crippen molar-refractivity contribution in [1.29, 1.82) is 5.26 Å². The minimum Gasteiger partial charge on any atom is -0.372 e. The molecule has 3 aromatic rings. The molecule has 0 aliphatic heterocycles. The van der Waals surface area contributed by atoms with Gasteiger partial charge in [-0.05, 0) is 47.4 Å². The van der Waals surface area contributed by atoms with Crippen LogP contribution in [0.3, 0.4) is 0 Å². The molecular weight excluding hydrogens is 357 g/mol. The number of rotatable bonds is 6. The van der Waals surface area contributed by atoms with Gasteiger partial charge in [0.2, 0.25) is 5.82 Å². The van der Waals surface area contributed by atoms with Gasteiger partial charge in [0.25, 0.3) is 0 Å². The lowest BCUT2D eigenvalue weighted by molar-refractivity contribution is 0.574. The summed E-state index contributed by atoms with van der Waals surface area (Å²) in [5.41, 5.74) is 3.56. The Labute approximate surface area is 163 Å². The lowest BCUT2D eigenvalue weighted by atomic mass is 10.0. The average molecular weight is 379 g/mol. The number of hydrogen-bond acceptors (Lipinski definition) is 6. The smallest absolute Gasteiger partial charge is 0.223 e. The van der Waals surface area contributed by atoms with Crippen LogP contribution >= 0.6 is 0 Å². The number of aromatic nitrogens is 5. The maximum absolute atomic E-state index is 14.9. The minimum absolute atomic E-state index is 0.167. The Hall–Kier alpha value is -3.34. The minimum atomic E-state index is -0.290. The van der Waals surface area contributed by atoms with Crippen LogP contribution in [0.25, 0.3) is 22.6 Å². The molecule has 0 bridgehead atoms. The van der Waals surface area contributed by atoms with Crippen LogP contribution in [0.15, 0.2) is 30.5 Å². The lowest BCUT2D eigenvalue weighted by Crippen LogP contribution is -2.25. The maximum Gasteiger partial charge on any atom is 0.223 e. The van der Waals surface area contributed by atoms with Crippen LogP contribution in [0.1, 0.15) is 18.9 Å². The van der Waals surface area contributed by atoms with Crippen molar-refractivity contribution in [3.05, 3.63) is 41.8 Å². The van der Waals surface area contributed by atoms with Gasteiger partial charge in [-0.15, -0.1) is 10.2 Å². The number of pyridine rings is 1. The van der Waals surface area contributed by atoms with Gasteiger partial charge < -0.3 is 4.90 Å². The molecule has 1 atom stereocenters. The van der Waals surface area contributed by atoms with Crippen LogP contribution in [-0.4, -0.2) is 38.8 Å². The zero-order valence-electron chi connectivity index (χ0n) is 16.4. The van der Waals surface area contributed by atoms with Gasteiger partial charge in [-0.2, -0.15) is 10.1 Å². The molecule has 0 spiro atoms. The van der Waals surface area contributed by atoms with E-state index in [1.807, 2.05) is 37.9 Å². The van der Waals surface area contributed by atoms with Crippen LogP contribution in [0.5, 0.6) is 0 Å². The van der Waals surface area contributed by atoms with E-state index in [-0.39, 0.29) is 11.7 Å². The molecule has 0 radical (unpaired) electrons. The zero-order chi connectivity index (χ0) is 20.3. The number of anilines is 1. The van der Waals surface area contributed by atoms with E-state index >= 15 is 0 Å². The van der Waals surface area contributed by atoms with Gasteiger partial charge in [0.1, 0.15) is 11.5 Å². The van der Waals surface area contributed by atoms with Crippen molar-refractivity contribution >= 4 is 5.69 Å². The number of nitrogens with zero attached hydrogens (tertiary/aromatic N) is 7. The Kier molecular flexibility index (Phi) is 5.64. The van der Waals surface area contributed by atoms with Crippen LogP contribution in [-0.2, 0) is 7.05 Å². The van der Waals surface area contributed by atoms with Crippen LogP contribution in [0.2, 0.25) is 0 Å². The van der Waals surface area contributed by atoms with Gasteiger partial charge in [0.05, 0.1) is 18.8 Å². The van der Waals surface area contributed by atoms with Crippen LogP contribution < -0.4 is 4.90 Å². The molecule has 3 rings (SSSR count). The molecule has 7 nitrogen and oxygen atoms in total. The van der Waals surface area contributed by atoms with Gasteiger partial charge >= 0.3 is 0 Å². The van der Waals surface area contributed by atoms with Crippen molar-refractivity contribution in [2.45, 2.75) is 20.3 Å². The van der Waals surface area contributed by atoms with E-state index in [4.69, 9.17) is 5.26 Å². The second kappa shape index (κ2) is 8.13. The molecule has 0 fully saturated rings. The van der Waals surface area contributed by atoms with Crippen molar-refractivity contribution < 1.29 is 4.39 Å². The first kappa shape index (κ1) is 19.4. The van der Waals surface area contributed by atoms with Crippen LogP contribution in [0.4, 0.5) is 10.1 Å². The number of aryl methyl sites for hydroxylation is 2. The van der Waals surface area contributed by atoms with E-state index in [1.165, 1.54) is 10.9 Å². The van der Waals surface area contributed by atoms with E-state index < -0.39 is 0 Å². The third kappa shape index (κ3) is 4.14. The second-order valence-electron chi connectivity index (χ2n) is 7.01. The summed E-state index contributed by atoms with van der Waals surface area (Å²) in [5, 5.41) is 20.7. The monoisotopic (exact) mass is 379 g/mol. The van der Waals surface area contributed by atoms with Crippen LogP contribution in [0, 0.1) is 30.0 Å². The Balaban J connectivity index is 1.85. The van der Waals surface area contributed by atoms with E-state index in [0.29, 0.717) is 30.2 Å². The summed E-state index contributed by atoms with van der Waals surface area (Å²) in [5.74, 6) is 0.320. The van der Waals surface area contributed by atoms with Gasteiger partial charge in [-0.1, -0.05) is 13.0 Å². The fraction of sp³-hybridized carbons (Fsp3) is 0.350. The molecule has 0 saturated heterocycles. The highest BCUT2D eigenvalue weighted by molar-refractivity contribution is 5.70. The topological polar surface area (TPSA) is 83.5 Å². The quantitative estimate of drug-likeness (QED) is 0.653. The molecule has 28 heavy (non-hydrogen) atoms. The third-order valence-electron chi connectivity index (χ3n) is 4.50. The summed E-state index contributed by atoms with van der Waals surface area (Å²) < 4.78 is 14.9. The fourth-order valence-electron chi connectivity index (χ4n) is 3.25.